The Balaban J connectivity index is 2.36. The van der Waals surface area contributed by atoms with Gasteiger partial charge < -0.3 is 10.1 Å². The highest BCUT2D eigenvalue weighted by Crippen LogP contribution is 2.14. The molecule has 0 spiro atoms. The molecule has 2 N–H and O–H groups in total. The summed E-state index contributed by atoms with van der Waals surface area (Å²) in [6.45, 7) is 2.46. The fourth-order valence-electron chi connectivity index (χ4n) is 1.46. The number of hydrogen-bond donors (Lipinski definition) is 2. The summed E-state index contributed by atoms with van der Waals surface area (Å²) < 4.78 is 4.67. The van der Waals surface area contributed by atoms with E-state index < -0.39 is 11.9 Å². The van der Waals surface area contributed by atoms with Crippen molar-refractivity contribution in [2.75, 3.05) is 12.9 Å². The summed E-state index contributed by atoms with van der Waals surface area (Å²) in [5, 5.41) is 5.58. The van der Waals surface area contributed by atoms with Gasteiger partial charge in [0.15, 0.2) is 5.11 Å². The average molecular weight is 338 g/mol. The van der Waals surface area contributed by atoms with Gasteiger partial charge in [0.2, 0.25) is 5.91 Å². The zero-order valence-electron chi connectivity index (χ0n) is 12.4. The van der Waals surface area contributed by atoms with E-state index in [1.807, 2.05) is 30.5 Å². The Morgan fingerprint density at radius 3 is 2.55 bits per heavy atom. The number of carbonyl (C=O) groups excluding carboxylic acids is 2. The van der Waals surface area contributed by atoms with Crippen LogP contribution in [0.1, 0.15) is 12.5 Å². The molecule has 5 nitrogen and oxygen atoms in total. The first kappa shape index (κ1) is 18.2. The van der Waals surface area contributed by atoms with Crippen LogP contribution in [0.5, 0.6) is 0 Å². The first-order valence-electron chi connectivity index (χ1n) is 6.61. The van der Waals surface area contributed by atoms with Crippen molar-refractivity contribution in [2.45, 2.75) is 18.4 Å². The maximum absolute atomic E-state index is 11.5. The topological polar surface area (TPSA) is 67.4 Å². The molecule has 1 amide bonds. The molecular weight excluding hydrogens is 320 g/mol. The normalized spacial score (nSPS) is 10.3. The van der Waals surface area contributed by atoms with Crippen molar-refractivity contribution in [3.8, 4) is 0 Å². The monoisotopic (exact) mass is 338 g/mol. The van der Waals surface area contributed by atoms with Gasteiger partial charge in [0.1, 0.15) is 0 Å². The Morgan fingerprint density at radius 1 is 1.27 bits per heavy atom. The van der Waals surface area contributed by atoms with Gasteiger partial charge in [0.05, 0.1) is 6.61 Å². The minimum atomic E-state index is -0.564. The van der Waals surface area contributed by atoms with Crippen LogP contribution >= 0.6 is 24.0 Å². The molecule has 1 aromatic rings. The largest absolute Gasteiger partial charge is 0.463 e. The predicted molar refractivity (Wildman–Crippen MR) is 91.6 cm³/mol. The van der Waals surface area contributed by atoms with Gasteiger partial charge in [-0.2, -0.15) is 0 Å². The third-order valence-electron chi connectivity index (χ3n) is 2.51. The molecule has 22 heavy (non-hydrogen) atoms. The van der Waals surface area contributed by atoms with Crippen molar-refractivity contribution >= 4 is 41.0 Å². The van der Waals surface area contributed by atoms with E-state index in [0.29, 0.717) is 6.54 Å². The maximum atomic E-state index is 11.5. The standard InChI is InChI=1S/C15H18N2O3S2/c1-3-20-14(19)9-8-13(18)17-15(21)16-10-11-4-6-12(22-2)7-5-11/h4-9H,3,10H2,1-2H3,(H2,16,17,18,21)/b9-8+. The smallest absolute Gasteiger partial charge is 0.330 e. The van der Waals surface area contributed by atoms with Crippen LogP contribution in [-0.2, 0) is 20.9 Å². The van der Waals surface area contributed by atoms with Crippen LogP contribution in [0.4, 0.5) is 0 Å². The fourth-order valence-corrected chi connectivity index (χ4v) is 2.04. The molecule has 0 aliphatic rings. The fraction of sp³-hybridized carbons (Fsp3) is 0.267. The summed E-state index contributed by atoms with van der Waals surface area (Å²) in [6, 6.07) is 8.02. The number of thioether (sulfide) groups is 1. The van der Waals surface area contributed by atoms with Crippen molar-refractivity contribution in [3.05, 3.63) is 42.0 Å². The van der Waals surface area contributed by atoms with Crippen molar-refractivity contribution in [1.29, 1.82) is 0 Å². The van der Waals surface area contributed by atoms with Gasteiger partial charge in [0.25, 0.3) is 0 Å². The molecule has 7 heteroatoms. The van der Waals surface area contributed by atoms with E-state index in [4.69, 9.17) is 12.2 Å². The first-order valence-corrected chi connectivity index (χ1v) is 8.25. The Labute approximate surface area is 139 Å². The molecule has 0 saturated heterocycles. The molecule has 1 rings (SSSR count). The summed E-state index contributed by atoms with van der Waals surface area (Å²) in [5.74, 6) is -1.05. The molecule has 0 aliphatic heterocycles. The lowest BCUT2D eigenvalue weighted by molar-refractivity contribution is -0.137. The Kier molecular flexibility index (Phi) is 8.24. The lowest BCUT2D eigenvalue weighted by Crippen LogP contribution is -2.38. The number of carbonyl (C=O) groups is 2. The van der Waals surface area contributed by atoms with E-state index in [2.05, 4.69) is 15.4 Å². The number of hydrogen-bond acceptors (Lipinski definition) is 5. The number of amides is 1. The van der Waals surface area contributed by atoms with Crippen LogP contribution in [0.25, 0.3) is 0 Å². The number of nitrogens with one attached hydrogen (secondary N) is 2. The SMILES string of the molecule is CCOC(=O)/C=C/C(=O)NC(=S)NCc1ccc(SC)cc1. The quantitative estimate of drug-likeness (QED) is 0.358. The summed E-state index contributed by atoms with van der Waals surface area (Å²) in [7, 11) is 0. The van der Waals surface area contributed by atoms with Crippen LogP contribution < -0.4 is 10.6 Å². The van der Waals surface area contributed by atoms with Crippen molar-refractivity contribution < 1.29 is 14.3 Å². The Hall–Kier alpha value is -1.86. The molecule has 0 aliphatic carbocycles. The van der Waals surface area contributed by atoms with E-state index in [1.54, 1.807) is 18.7 Å². The van der Waals surface area contributed by atoms with Crippen LogP contribution in [0.3, 0.4) is 0 Å². The lowest BCUT2D eigenvalue weighted by Gasteiger charge is -2.08. The average Bonchev–Trinajstić information content (AvgIpc) is 2.52. The van der Waals surface area contributed by atoms with Crippen molar-refractivity contribution in [3.63, 3.8) is 0 Å². The number of benzene rings is 1. The minimum absolute atomic E-state index is 0.201. The molecule has 0 fully saturated rings. The number of rotatable bonds is 6. The third kappa shape index (κ3) is 7.24. The highest BCUT2D eigenvalue weighted by Gasteiger charge is 2.02. The zero-order chi connectivity index (χ0) is 16.4. The molecule has 0 atom stereocenters. The maximum Gasteiger partial charge on any atom is 0.330 e. The van der Waals surface area contributed by atoms with Gasteiger partial charge in [-0.1, -0.05) is 12.1 Å². The van der Waals surface area contributed by atoms with Gasteiger partial charge in [-0.3, -0.25) is 10.1 Å². The van der Waals surface area contributed by atoms with Crippen LogP contribution in [-0.4, -0.2) is 29.9 Å². The minimum Gasteiger partial charge on any atom is -0.463 e. The van der Waals surface area contributed by atoms with E-state index in [1.165, 1.54) is 4.90 Å². The summed E-state index contributed by atoms with van der Waals surface area (Å²) in [4.78, 5) is 23.8. The third-order valence-corrected chi connectivity index (χ3v) is 3.50. The summed E-state index contributed by atoms with van der Waals surface area (Å²) >= 11 is 6.68. The second kappa shape index (κ2) is 9.97. The van der Waals surface area contributed by atoms with Gasteiger partial charge in [-0.25, -0.2) is 4.79 Å². The molecule has 0 aromatic heterocycles. The molecule has 1 aromatic carbocycles. The molecule has 0 radical (unpaired) electrons. The second-order valence-electron chi connectivity index (χ2n) is 4.11. The van der Waals surface area contributed by atoms with Gasteiger partial charge >= 0.3 is 5.97 Å². The molecule has 0 bridgehead atoms. The number of esters is 1. The van der Waals surface area contributed by atoms with Gasteiger partial charge in [0, 0.05) is 23.6 Å². The van der Waals surface area contributed by atoms with E-state index in [0.717, 1.165) is 17.7 Å². The van der Waals surface area contributed by atoms with E-state index in [-0.39, 0.29) is 11.7 Å². The van der Waals surface area contributed by atoms with Crippen molar-refractivity contribution in [2.24, 2.45) is 0 Å². The number of ether oxygens (including phenoxy) is 1. The highest BCUT2D eigenvalue weighted by molar-refractivity contribution is 7.98. The highest BCUT2D eigenvalue weighted by atomic mass is 32.2. The molecule has 0 heterocycles. The van der Waals surface area contributed by atoms with Crippen molar-refractivity contribution in [1.82, 2.24) is 10.6 Å². The van der Waals surface area contributed by atoms with Gasteiger partial charge in [-0.15, -0.1) is 11.8 Å². The van der Waals surface area contributed by atoms with E-state index in [9.17, 15) is 9.59 Å². The predicted octanol–water partition coefficient (Wildman–Crippen LogP) is 2.02. The summed E-state index contributed by atoms with van der Waals surface area (Å²) in [5.41, 5.74) is 1.05. The molecule has 0 saturated carbocycles. The first-order chi connectivity index (χ1) is 10.5. The summed E-state index contributed by atoms with van der Waals surface area (Å²) in [6.07, 6.45) is 4.16. The molecule has 118 valence electrons. The molecule has 0 unspecified atom stereocenters. The van der Waals surface area contributed by atoms with Gasteiger partial charge in [-0.05, 0) is 43.1 Å². The zero-order valence-corrected chi connectivity index (χ0v) is 14.1. The Bertz CT molecular complexity index is 556. The van der Waals surface area contributed by atoms with Crippen LogP contribution in [0, 0.1) is 0 Å². The second-order valence-corrected chi connectivity index (χ2v) is 5.39. The Morgan fingerprint density at radius 2 is 1.95 bits per heavy atom. The van der Waals surface area contributed by atoms with E-state index >= 15 is 0 Å². The van der Waals surface area contributed by atoms with Crippen LogP contribution in [0.2, 0.25) is 0 Å². The lowest BCUT2D eigenvalue weighted by atomic mass is 10.2. The molecular formula is C15H18N2O3S2. The number of thiocarbonyl (C=S) groups is 1. The van der Waals surface area contributed by atoms with Crippen LogP contribution in [0.15, 0.2) is 41.3 Å².